The number of aliphatic hydroxyl groups excluding tert-OH is 1. The number of nitrogens with zero attached hydrogens (tertiary/aromatic N) is 1. The summed E-state index contributed by atoms with van der Waals surface area (Å²) in [7, 11) is 2.13. The summed E-state index contributed by atoms with van der Waals surface area (Å²) in [6.07, 6.45) is 6.33. The van der Waals surface area contributed by atoms with E-state index in [0.717, 1.165) is 12.8 Å². The Kier molecular flexibility index (Phi) is 3.98. The average molecular weight is 357 g/mol. The Bertz CT molecular complexity index is 1040. The molecular formula is C25H27NO. The minimum atomic E-state index is -0.332. The summed E-state index contributed by atoms with van der Waals surface area (Å²) in [5.41, 5.74) is 8.16. The molecule has 5 rings (SSSR count). The van der Waals surface area contributed by atoms with Crippen molar-refractivity contribution >= 4 is 22.0 Å². The Balaban J connectivity index is 1.79. The Morgan fingerprint density at radius 3 is 2.52 bits per heavy atom. The number of para-hydroxylation sites is 1. The van der Waals surface area contributed by atoms with E-state index >= 15 is 0 Å². The molecule has 2 aromatic carbocycles. The van der Waals surface area contributed by atoms with Gasteiger partial charge in [0.25, 0.3) is 0 Å². The number of hydrogen-bond donors (Lipinski definition) is 1. The highest BCUT2D eigenvalue weighted by Gasteiger charge is 2.42. The van der Waals surface area contributed by atoms with Crippen molar-refractivity contribution in [2.45, 2.75) is 44.6 Å². The number of aryl methyl sites for hydroxylation is 1. The van der Waals surface area contributed by atoms with Crippen LogP contribution in [0, 0.1) is 5.92 Å². The van der Waals surface area contributed by atoms with Crippen molar-refractivity contribution in [3.05, 3.63) is 71.4 Å². The van der Waals surface area contributed by atoms with E-state index in [2.05, 4.69) is 73.3 Å². The number of fused-ring (bicyclic) bond motifs is 2. The predicted octanol–water partition coefficient (Wildman–Crippen LogP) is 5.76. The molecule has 0 bridgehead atoms. The van der Waals surface area contributed by atoms with Gasteiger partial charge in [0.1, 0.15) is 0 Å². The summed E-state index contributed by atoms with van der Waals surface area (Å²) in [5.74, 6) is 0.738. The summed E-state index contributed by atoms with van der Waals surface area (Å²) >= 11 is 0. The zero-order chi connectivity index (χ0) is 18.5. The lowest BCUT2D eigenvalue weighted by molar-refractivity contribution is 0.152. The number of aromatic nitrogens is 1. The van der Waals surface area contributed by atoms with Gasteiger partial charge in [0.15, 0.2) is 0 Å². The van der Waals surface area contributed by atoms with E-state index in [1.807, 2.05) is 0 Å². The number of benzene rings is 2. The zero-order valence-electron chi connectivity index (χ0n) is 16.2. The van der Waals surface area contributed by atoms with E-state index in [9.17, 15) is 5.11 Å². The lowest BCUT2D eigenvalue weighted by atomic mass is 9.84. The largest absolute Gasteiger partial charge is 0.392 e. The molecule has 2 aliphatic rings. The first-order valence-corrected chi connectivity index (χ1v) is 10.3. The Hall–Kier alpha value is -2.32. The standard InChI is InChI=1S/C25H27NO/c1-3-8-22(27)24-19-11-5-4-10-18(19)23(16-13-14-16)25(24)20-15-26(2)21-12-7-6-9-17(20)21/h4-7,9-12,15-16,22,24,27H,3,8,13-14H2,1-2H3. The molecule has 0 saturated heterocycles. The van der Waals surface area contributed by atoms with Crippen LogP contribution in [0.4, 0.5) is 0 Å². The van der Waals surface area contributed by atoms with Gasteiger partial charge in [-0.3, -0.25) is 0 Å². The smallest absolute Gasteiger partial charge is 0.0649 e. The maximum Gasteiger partial charge on any atom is 0.0649 e. The molecule has 1 saturated carbocycles. The maximum absolute atomic E-state index is 11.2. The highest BCUT2D eigenvalue weighted by Crippen LogP contribution is 2.57. The molecule has 138 valence electrons. The summed E-state index contributed by atoms with van der Waals surface area (Å²) in [5, 5.41) is 12.5. The lowest BCUT2D eigenvalue weighted by Gasteiger charge is -2.23. The average Bonchev–Trinajstić information content (AvgIpc) is 3.39. The fourth-order valence-electron chi connectivity index (χ4n) is 5.02. The minimum absolute atomic E-state index is 0.0857. The monoisotopic (exact) mass is 357 g/mol. The molecule has 1 fully saturated rings. The third-order valence-corrected chi connectivity index (χ3v) is 6.33. The van der Waals surface area contributed by atoms with Crippen LogP contribution in [0.1, 0.15) is 55.2 Å². The summed E-state index contributed by atoms with van der Waals surface area (Å²) in [4.78, 5) is 0. The van der Waals surface area contributed by atoms with E-state index in [0.29, 0.717) is 5.92 Å². The van der Waals surface area contributed by atoms with Gasteiger partial charge in [-0.25, -0.2) is 0 Å². The van der Waals surface area contributed by atoms with E-state index in [-0.39, 0.29) is 12.0 Å². The van der Waals surface area contributed by atoms with Crippen molar-refractivity contribution in [1.29, 1.82) is 0 Å². The molecule has 1 aromatic heterocycles. The fraction of sp³-hybridized carbons (Fsp3) is 0.360. The topological polar surface area (TPSA) is 25.2 Å². The van der Waals surface area contributed by atoms with Crippen LogP contribution in [0.15, 0.2) is 54.7 Å². The highest BCUT2D eigenvalue weighted by molar-refractivity contribution is 6.07. The first kappa shape index (κ1) is 16.8. The molecule has 1 N–H and O–H groups in total. The highest BCUT2D eigenvalue weighted by atomic mass is 16.3. The van der Waals surface area contributed by atoms with Gasteiger partial charge in [-0.05, 0) is 53.5 Å². The molecule has 0 spiro atoms. The van der Waals surface area contributed by atoms with Crippen LogP contribution in [0.2, 0.25) is 0 Å². The number of rotatable bonds is 5. The van der Waals surface area contributed by atoms with E-state index in [1.165, 1.54) is 51.6 Å². The van der Waals surface area contributed by atoms with Gasteiger partial charge >= 0.3 is 0 Å². The van der Waals surface area contributed by atoms with Crippen LogP contribution in [-0.4, -0.2) is 15.8 Å². The quantitative estimate of drug-likeness (QED) is 0.617. The molecule has 0 amide bonds. The van der Waals surface area contributed by atoms with Crippen LogP contribution in [0.3, 0.4) is 0 Å². The molecule has 2 unspecified atom stereocenters. The van der Waals surface area contributed by atoms with Gasteiger partial charge in [-0.2, -0.15) is 0 Å². The zero-order valence-corrected chi connectivity index (χ0v) is 16.2. The number of aliphatic hydroxyl groups is 1. The van der Waals surface area contributed by atoms with Crippen molar-refractivity contribution in [2.24, 2.45) is 13.0 Å². The van der Waals surface area contributed by atoms with Crippen molar-refractivity contribution < 1.29 is 5.11 Å². The Morgan fingerprint density at radius 1 is 1.00 bits per heavy atom. The first-order chi connectivity index (χ1) is 13.2. The minimum Gasteiger partial charge on any atom is -0.392 e. The van der Waals surface area contributed by atoms with Gasteiger partial charge < -0.3 is 9.67 Å². The van der Waals surface area contributed by atoms with Crippen LogP contribution >= 0.6 is 0 Å². The van der Waals surface area contributed by atoms with Crippen LogP contribution in [0.5, 0.6) is 0 Å². The summed E-state index contributed by atoms with van der Waals surface area (Å²) in [6.45, 7) is 2.16. The van der Waals surface area contributed by atoms with Crippen molar-refractivity contribution in [2.75, 3.05) is 0 Å². The number of allylic oxidation sites excluding steroid dienone is 1. The predicted molar refractivity (Wildman–Crippen MR) is 113 cm³/mol. The lowest BCUT2D eigenvalue weighted by Crippen LogP contribution is -2.18. The second-order valence-corrected chi connectivity index (χ2v) is 8.19. The molecule has 2 nitrogen and oxygen atoms in total. The normalized spacial score (nSPS) is 20.3. The summed E-state index contributed by atoms with van der Waals surface area (Å²) in [6, 6.07) is 17.4. The van der Waals surface area contributed by atoms with Crippen LogP contribution < -0.4 is 0 Å². The summed E-state index contributed by atoms with van der Waals surface area (Å²) < 4.78 is 2.23. The number of hydrogen-bond acceptors (Lipinski definition) is 1. The van der Waals surface area contributed by atoms with E-state index in [1.54, 1.807) is 0 Å². The molecule has 27 heavy (non-hydrogen) atoms. The van der Waals surface area contributed by atoms with Crippen molar-refractivity contribution in [3.63, 3.8) is 0 Å². The second-order valence-electron chi connectivity index (χ2n) is 8.19. The third-order valence-electron chi connectivity index (χ3n) is 6.33. The van der Waals surface area contributed by atoms with Gasteiger partial charge in [0, 0.05) is 35.6 Å². The SMILES string of the molecule is CCCC(O)C1C(c2cn(C)c3ccccc23)=C(C2CC2)c2ccccc21. The van der Waals surface area contributed by atoms with Crippen LogP contribution in [0.25, 0.3) is 22.0 Å². The molecule has 2 heteroatoms. The first-order valence-electron chi connectivity index (χ1n) is 10.3. The van der Waals surface area contributed by atoms with Gasteiger partial charge in [-0.1, -0.05) is 55.8 Å². The second kappa shape index (κ2) is 6.38. The molecule has 3 aromatic rings. The third kappa shape index (κ3) is 2.58. The maximum atomic E-state index is 11.2. The fourth-order valence-corrected chi connectivity index (χ4v) is 5.02. The molecule has 1 heterocycles. The van der Waals surface area contributed by atoms with Gasteiger partial charge in [0.2, 0.25) is 0 Å². The van der Waals surface area contributed by atoms with Crippen LogP contribution in [-0.2, 0) is 7.05 Å². The van der Waals surface area contributed by atoms with Gasteiger partial charge in [-0.15, -0.1) is 0 Å². The van der Waals surface area contributed by atoms with E-state index < -0.39 is 0 Å². The Labute approximate surface area is 161 Å². The van der Waals surface area contributed by atoms with Crippen molar-refractivity contribution in [3.8, 4) is 0 Å². The molecule has 0 aliphatic heterocycles. The Morgan fingerprint density at radius 2 is 1.74 bits per heavy atom. The van der Waals surface area contributed by atoms with Crippen molar-refractivity contribution in [1.82, 2.24) is 4.57 Å². The molecular weight excluding hydrogens is 330 g/mol. The molecule has 2 aliphatic carbocycles. The van der Waals surface area contributed by atoms with E-state index in [4.69, 9.17) is 0 Å². The molecule has 0 radical (unpaired) electrons. The molecule has 2 atom stereocenters. The van der Waals surface area contributed by atoms with Gasteiger partial charge in [0.05, 0.1) is 6.10 Å².